The Morgan fingerprint density at radius 2 is 2.07 bits per heavy atom. The summed E-state index contributed by atoms with van der Waals surface area (Å²) in [4.78, 5) is 23.7. The van der Waals surface area contributed by atoms with Crippen LogP contribution < -0.4 is 4.74 Å². The number of carbonyl (C=O) groups is 1. The molecule has 1 aromatic carbocycles. The van der Waals surface area contributed by atoms with E-state index in [4.69, 9.17) is 14.1 Å². The topological polar surface area (TPSA) is 68.5 Å². The first kappa shape index (κ1) is 17.3. The van der Waals surface area contributed by atoms with Gasteiger partial charge in [0.15, 0.2) is 5.82 Å². The number of ether oxygens (including phenoxy) is 1. The van der Waals surface area contributed by atoms with Crippen molar-refractivity contribution in [2.24, 2.45) is 0 Å². The van der Waals surface area contributed by atoms with Crippen LogP contribution in [-0.4, -0.2) is 41.0 Å². The average Bonchev–Trinajstić information content (AvgIpc) is 3.28. The van der Waals surface area contributed by atoms with Gasteiger partial charge in [-0.3, -0.25) is 4.79 Å². The Labute approximate surface area is 157 Å². The molecular formula is C21H21N3O3. The number of nitrogens with zero attached hydrogens (tertiary/aromatic N) is 3. The highest BCUT2D eigenvalue weighted by molar-refractivity contribution is 5.93. The maximum atomic E-state index is 12.6. The number of benzene rings is 1. The van der Waals surface area contributed by atoms with E-state index in [2.05, 4.69) is 4.98 Å². The van der Waals surface area contributed by atoms with E-state index in [0.29, 0.717) is 17.9 Å². The third kappa shape index (κ3) is 3.69. The number of piperidine rings is 1. The molecule has 1 amide bonds. The zero-order valence-corrected chi connectivity index (χ0v) is 15.2. The SMILES string of the molecule is COc1ccc(-c2nccc(C3CCCN(C(=O)c4ccoc4)C3)n2)cc1. The van der Waals surface area contributed by atoms with Crippen molar-refractivity contribution < 1.29 is 13.9 Å². The quantitative estimate of drug-likeness (QED) is 0.706. The fourth-order valence-electron chi connectivity index (χ4n) is 3.45. The van der Waals surface area contributed by atoms with Crippen LogP contribution in [-0.2, 0) is 0 Å². The third-order valence-electron chi connectivity index (χ3n) is 4.92. The van der Waals surface area contributed by atoms with Gasteiger partial charge in [-0.05, 0) is 49.2 Å². The Hall–Kier alpha value is -3.15. The van der Waals surface area contributed by atoms with Gasteiger partial charge in [0.1, 0.15) is 12.0 Å². The van der Waals surface area contributed by atoms with Gasteiger partial charge in [0.2, 0.25) is 0 Å². The molecule has 138 valence electrons. The number of hydrogen-bond acceptors (Lipinski definition) is 5. The molecule has 4 rings (SSSR count). The molecule has 27 heavy (non-hydrogen) atoms. The van der Waals surface area contributed by atoms with E-state index in [1.54, 1.807) is 19.4 Å². The van der Waals surface area contributed by atoms with Crippen molar-refractivity contribution in [3.63, 3.8) is 0 Å². The summed E-state index contributed by atoms with van der Waals surface area (Å²) in [5.41, 5.74) is 2.51. The van der Waals surface area contributed by atoms with Gasteiger partial charge in [-0.2, -0.15) is 0 Å². The molecule has 0 aliphatic carbocycles. The first-order chi connectivity index (χ1) is 13.2. The molecule has 6 heteroatoms. The van der Waals surface area contributed by atoms with Crippen molar-refractivity contribution >= 4 is 5.91 Å². The molecule has 3 aromatic rings. The summed E-state index contributed by atoms with van der Waals surface area (Å²) in [7, 11) is 1.64. The summed E-state index contributed by atoms with van der Waals surface area (Å²) in [6.45, 7) is 1.42. The summed E-state index contributed by atoms with van der Waals surface area (Å²) in [6, 6.07) is 11.4. The van der Waals surface area contributed by atoms with Gasteiger partial charge >= 0.3 is 0 Å². The van der Waals surface area contributed by atoms with Crippen molar-refractivity contribution in [1.82, 2.24) is 14.9 Å². The van der Waals surface area contributed by atoms with Crippen molar-refractivity contribution in [3.8, 4) is 17.1 Å². The second-order valence-electron chi connectivity index (χ2n) is 6.64. The Bertz CT molecular complexity index is 907. The smallest absolute Gasteiger partial charge is 0.257 e. The molecule has 0 bridgehead atoms. The minimum atomic E-state index is 0.0119. The van der Waals surface area contributed by atoms with Crippen LogP contribution in [0, 0.1) is 0 Å². The fraction of sp³-hybridized carbons (Fsp3) is 0.286. The van der Waals surface area contributed by atoms with Gasteiger partial charge in [0.25, 0.3) is 5.91 Å². The predicted octanol–water partition coefficient (Wildman–Crippen LogP) is 3.77. The van der Waals surface area contributed by atoms with Crippen molar-refractivity contribution in [2.45, 2.75) is 18.8 Å². The van der Waals surface area contributed by atoms with Gasteiger partial charge in [-0.1, -0.05) is 0 Å². The molecule has 1 aliphatic heterocycles. The maximum absolute atomic E-state index is 12.6. The molecule has 0 N–H and O–H groups in total. The van der Waals surface area contributed by atoms with Crippen LogP contribution in [0.2, 0.25) is 0 Å². The van der Waals surface area contributed by atoms with Crippen LogP contribution in [0.5, 0.6) is 5.75 Å². The standard InChI is InChI=1S/C21H21N3O3/c1-26-18-6-4-15(5-7-18)20-22-10-8-19(23-20)16-3-2-11-24(13-16)21(25)17-9-12-27-14-17/h4-10,12,14,16H,2-3,11,13H2,1H3. The molecular weight excluding hydrogens is 342 g/mol. The van der Waals surface area contributed by atoms with Crippen LogP contribution in [0.1, 0.15) is 34.8 Å². The number of methoxy groups -OCH3 is 1. The van der Waals surface area contributed by atoms with Gasteiger partial charge < -0.3 is 14.1 Å². The zero-order valence-electron chi connectivity index (χ0n) is 15.2. The number of aromatic nitrogens is 2. The van der Waals surface area contributed by atoms with Crippen molar-refractivity contribution in [1.29, 1.82) is 0 Å². The van der Waals surface area contributed by atoms with E-state index in [9.17, 15) is 4.79 Å². The number of hydrogen-bond donors (Lipinski definition) is 0. The van der Waals surface area contributed by atoms with Crippen LogP contribution in [0.25, 0.3) is 11.4 Å². The highest BCUT2D eigenvalue weighted by Gasteiger charge is 2.27. The Morgan fingerprint density at radius 1 is 1.22 bits per heavy atom. The lowest BCUT2D eigenvalue weighted by atomic mass is 9.94. The van der Waals surface area contributed by atoms with Gasteiger partial charge in [0, 0.05) is 36.5 Å². The molecule has 1 unspecified atom stereocenters. The minimum Gasteiger partial charge on any atom is -0.497 e. The second kappa shape index (κ2) is 7.61. The molecule has 1 aliphatic rings. The van der Waals surface area contributed by atoms with Crippen LogP contribution in [0.4, 0.5) is 0 Å². The van der Waals surface area contributed by atoms with Gasteiger partial charge in [-0.25, -0.2) is 9.97 Å². The number of carbonyl (C=O) groups excluding carboxylic acids is 1. The van der Waals surface area contributed by atoms with Crippen LogP contribution in [0.3, 0.4) is 0 Å². The van der Waals surface area contributed by atoms with Crippen LogP contribution >= 0.6 is 0 Å². The van der Waals surface area contributed by atoms with Gasteiger partial charge in [0.05, 0.1) is 18.9 Å². The first-order valence-electron chi connectivity index (χ1n) is 9.03. The normalized spacial score (nSPS) is 16.9. The van der Waals surface area contributed by atoms with Crippen LogP contribution in [0.15, 0.2) is 59.5 Å². The van der Waals surface area contributed by atoms with E-state index in [-0.39, 0.29) is 11.8 Å². The minimum absolute atomic E-state index is 0.0119. The van der Waals surface area contributed by atoms with E-state index in [0.717, 1.165) is 36.4 Å². The molecule has 0 spiro atoms. The summed E-state index contributed by atoms with van der Waals surface area (Å²) in [6.07, 6.45) is 6.78. The summed E-state index contributed by atoms with van der Waals surface area (Å²) in [5, 5.41) is 0. The second-order valence-corrected chi connectivity index (χ2v) is 6.64. The molecule has 3 heterocycles. The highest BCUT2D eigenvalue weighted by atomic mass is 16.5. The molecule has 1 fully saturated rings. The molecule has 2 aromatic heterocycles. The van der Waals surface area contributed by atoms with Crippen molar-refractivity contribution in [2.75, 3.05) is 20.2 Å². The highest BCUT2D eigenvalue weighted by Crippen LogP contribution is 2.28. The summed E-state index contributed by atoms with van der Waals surface area (Å²) < 4.78 is 10.2. The zero-order chi connectivity index (χ0) is 18.6. The third-order valence-corrected chi connectivity index (χ3v) is 4.92. The fourth-order valence-corrected chi connectivity index (χ4v) is 3.45. The Kier molecular flexibility index (Phi) is 4.87. The lowest BCUT2D eigenvalue weighted by Crippen LogP contribution is -2.39. The lowest BCUT2D eigenvalue weighted by Gasteiger charge is -2.32. The number of furan rings is 1. The number of likely N-dealkylation sites (tertiary alicyclic amines) is 1. The summed E-state index contributed by atoms with van der Waals surface area (Å²) >= 11 is 0. The Morgan fingerprint density at radius 3 is 2.81 bits per heavy atom. The largest absolute Gasteiger partial charge is 0.497 e. The Balaban J connectivity index is 1.53. The van der Waals surface area contributed by atoms with Crippen molar-refractivity contribution in [3.05, 3.63) is 66.4 Å². The van der Waals surface area contributed by atoms with Gasteiger partial charge in [-0.15, -0.1) is 0 Å². The maximum Gasteiger partial charge on any atom is 0.257 e. The van der Waals surface area contributed by atoms with E-state index in [1.807, 2.05) is 35.2 Å². The lowest BCUT2D eigenvalue weighted by molar-refractivity contribution is 0.0705. The summed E-state index contributed by atoms with van der Waals surface area (Å²) in [5.74, 6) is 1.71. The molecule has 0 saturated carbocycles. The number of rotatable bonds is 4. The first-order valence-corrected chi connectivity index (χ1v) is 9.03. The molecule has 6 nitrogen and oxygen atoms in total. The van der Waals surface area contributed by atoms with E-state index < -0.39 is 0 Å². The monoisotopic (exact) mass is 363 g/mol. The molecule has 1 atom stereocenters. The molecule has 0 radical (unpaired) electrons. The average molecular weight is 363 g/mol. The van der Waals surface area contributed by atoms with E-state index >= 15 is 0 Å². The predicted molar refractivity (Wildman–Crippen MR) is 101 cm³/mol. The number of amides is 1. The van der Waals surface area contributed by atoms with E-state index in [1.165, 1.54) is 12.5 Å². The molecule has 1 saturated heterocycles.